The smallest absolute Gasteiger partial charge is 0.222 e. The number of carbonyl (C=O) groups is 1. The van der Waals surface area contributed by atoms with Crippen molar-refractivity contribution in [2.75, 3.05) is 32.7 Å². The Morgan fingerprint density at radius 3 is 2.65 bits per heavy atom. The maximum atomic E-state index is 11.6. The normalized spacial score (nSPS) is 18.9. The van der Waals surface area contributed by atoms with Crippen molar-refractivity contribution in [3.05, 3.63) is 34.9 Å². The lowest BCUT2D eigenvalue weighted by atomic mass is 9.96. The Hall–Kier alpha value is -1.75. The number of benzene rings is 1. The van der Waals surface area contributed by atoms with Crippen molar-refractivity contribution in [3.63, 3.8) is 0 Å². The summed E-state index contributed by atoms with van der Waals surface area (Å²) < 4.78 is 0. The molecule has 0 spiro atoms. The highest BCUT2D eigenvalue weighted by atomic mass is 35.5. The van der Waals surface area contributed by atoms with E-state index in [1.165, 1.54) is 18.4 Å². The van der Waals surface area contributed by atoms with Crippen LogP contribution in [-0.2, 0) is 10.2 Å². The molecular weight excluding hydrogens is 348 g/mol. The molecule has 0 radical (unpaired) electrons. The number of carbonyl (C=O) groups excluding carboxylic acids is 1. The summed E-state index contributed by atoms with van der Waals surface area (Å²) in [5.74, 6) is 1.16. The first-order valence-corrected chi connectivity index (χ1v) is 10.1. The van der Waals surface area contributed by atoms with Crippen molar-refractivity contribution < 1.29 is 4.79 Å². The van der Waals surface area contributed by atoms with Gasteiger partial charge in [0.2, 0.25) is 5.91 Å². The molecule has 1 aliphatic heterocycles. The van der Waals surface area contributed by atoms with Crippen molar-refractivity contribution >= 4 is 23.5 Å². The summed E-state index contributed by atoms with van der Waals surface area (Å²) in [6.45, 7) is 6.27. The van der Waals surface area contributed by atoms with Gasteiger partial charge in [-0.1, -0.05) is 23.7 Å². The zero-order valence-electron chi connectivity index (χ0n) is 15.6. The number of halogens is 1. The van der Waals surface area contributed by atoms with Gasteiger partial charge >= 0.3 is 0 Å². The van der Waals surface area contributed by atoms with Crippen LogP contribution in [0.3, 0.4) is 0 Å². The molecule has 1 saturated heterocycles. The second kappa shape index (κ2) is 8.76. The highest BCUT2D eigenvalue weighted by Crippen LogP contribution is 2.48. The number of guanidine groups is 1. The van der Waals surface area contributed by atoms with Crippen LogP contribution in [0.1, 0.15) is 44.6 Å². The van der Waals surface area contributed by atoms with Gasteiger partial charge in [-0.3, -0.25) is 9.79 Å². The highest BCUT2D eigenvalue weighted by molar-refractivity contribution is 6.30. The van der Waals surface area contributed by atoms with Crippen molar-refractivity contribution in [2.24, 2.45) is 4.99 Å². The van der Waals surface area contributed by atoms with Crippen LogP contribution in [0.2, 0.25) is 5.02 Å². The van der Waals surface area contributed by atoms with Crippen molar-refractivity contribution in [1.29, 1.82) is 0 Å². The third-order valence-electron chi connectivity index (χ3n) is 5.26. The van der Waals surface area contributed by atoms with E-state index in [1.807, 2.05) is 17.0 Å². The van der Waals surface area contributed by atoms with Crippen LogP contribution in [-0.4, -0.2) is 49.5 Å². The highest BCUT2D eigenvalue weighted by Gasteiger charge is 2.44. The zero-order chi connectivity index (χ0) is 18.4. The molecule has 5 nitrogen and oxygen atoms in total. The number of hydrogen-bond donors (Lipinski definition) is 2. The third kappa shape index (κ3) is 4.91. The van der Waals surface area contributed by atoms with Gasteiger partial charge < -0.3 is 15.5 Å². The molecule has 1 aromatic rings. The molecule has 2 aliphatic rings. The van der Waals surface area contributed by atoms with E-state index in [0.717, 1.165) is 56.5 Å². The Morgan fingerprint density at radius 1 is 1.27 bits per heavy atom. The first kappa shape index (κ1) is 19.0. The molecule has 1 aliphatic carbocycles. The number of hydrogen-bond acceptors (Lipinski definition) is 2. The summed E-state index contributed by atoms with van der Waals surface area (Å²) >= 11 is 6.01. The molecule has 0 unspecified atom stereocenters. The summed E-state index contributed by atoms with van der Waals surface area (Å²) in [7, 11) is 0. The third-order valence-corrected chi connectivity index (χ3v) is 5.51. The summed E-state index contributed by atoms with van der Waals surface area (Å²) in [6.07, 6.45) is 5.01. The van der Waals surface area contributed by atoms with Crippen LogP contribution in [0, 0.1) is 0 Å². The molecule has 3 rings (SSSR count). The predicted molar refractivity (Wildman–Crippen MR) is 107 cm³/mol. The molecule has 1 heterocycles. The fourth-order valence-corrected chi connectivity index (χ4v) is 3.61. The van der Waals surface area contributed by atoms with E-state index in [-0.39, 0.29) is 5.41 Å². The van der Waals surface area contributed by atoms with Crippen LogP contribution >= 0.6 is 11.6 Å². The molecule has 142 valence electrons. The van der Waals surface area contributed by atoms with Gasteiger partial charge in [0.25, 0.3) is 0 Å². The monoisotopic (exact) mass is 376 g/mol. The predicted octanol–water partition coefficient (Wildman–Crippen LogP) is 2.94. The lowest BCUT2D eigenvalue weighted by molar-refractivity contribution is -0.127. The molecule has 1 amide bonds. The number of nitrogens with one attached hydrogen (secondary N) is 2. The molecular formula is C20H29ClN4O. The Labute approximate surface area is 161 Å². The number of nitrogens with zero attached hydrogens (tertiary/aromatic N) is 2. The molecule has 1 aromatic carbocycles. The Morgan fingerprint density at radius 2 is 2.04 bits per heavy atom. The molecule has 0 atom stereocenters. The van der Waals surface area contributed by atoms with Gasteiger partial charge in [-0.15, -0.1) is 0 Å². The van der Waals surface area contributed by atoms with E-state index in [2.05, 4.69) is 29.7 Å². The molecule has 1 saturated carbocycles. The maximum absolute atomic E-state index is 11.6. The van der Waals surface area contributed by atoms with E-state index in [4.69, 9.17) is 16.6 Å². The molecule has 2 fully saturated rings. The van der Waals surface area contributed by atoms with Crippen molar-refractivity contribution in [2.45, 2.75) is 44.4 Å². The second-order valence-corrected chi connectivity index (χ2v) is 7.68. The number of amides is 1. The molecule has 0 aromatic heterocycles. The maximum Gasteiger partial charge on any atom is 0.222 e. The fraction of sp³-hybridized carbons (Fsp3) is 0.600. The van der Waals surface area contributed by atoms with Gasteiger partial charge in [0, 0.05) is 43.0 Å². The Kier molecular flexibility index (Phi) is 6.41. The van der Waals surface area contributed by atoms with E-state index in [0.29, 0.717) is 12.3 Å². The van der Waals surface area contributed by atoms with Crippen LogP contribution in [0.15, 0.2) is 29.3 Å². The summed E-state index contributed by atoms with van der Waals surface area (Å²) in [5, 5.41) is 7.50. The van der Waals surface area contributed by atoms with Gasteiger partial charge in [-0.25, -0.2) is 0 Å². The van der Waals surface area contributed by atoms with E-state index in [1.54, 1.807) is 0 Å². The first-order chi connectivity index (χ1) is 12.6. The van der Waals surface area contributed by atoms with E-state index < -0.39 is 0 Å². The minimum Gasteiger partial charge on any atom is -0.357 e. The first-order valence-electron chi connectivity index (χ1n) is 9.69. The lowest BCUT2D eigenvalue weighted by Crippen LogP contribution is -2.39. The van der Waals surface area contributed by atoms with Crippen molar-refractivity contribution in [1.82, 2.24) is 15.5 Å². The van der Waals surface area contributed by atoms with Gasteiger partial charge in [0.05, 0.1) is 6.54 Å². The van der Waals surface area contributed by atoms with E-state index >= 15 is 0 Å². The van der Waals surface area contributed by atoms with E-state index in [9.17, 15) is 4.79 Å². The summed E-state index contributed by atoms with van der Waals surface area (Å²) in [5.41, 5.74) is 1.50. The quantitative estimate of drug-likeness (QED) is 0.416. The fourth-order valence-electron chi connectivity index (χ4n) is 3.48. The number of rotatable bonds is 8. The van der Waals surface area contributed by atoms with Crippen LogP contribution in [0.5, 0.6) is 0 Å². The Bertz CT molecular complexity index is 640. The van der Waals surface area contributed by atoms with Gasteiger partial charge in [-0.05, 0) is 50.3 Å². The van der Waals surface area contributed by atoms with Crippen LogP contribution in [0.25, 0.3) is 0 Å². The minimum atomic E-state index is 0.176. The molecule has 0 bridgehead atoms. The zero-order valence-corrected chi connectivity index (χ0v) is 16.3. The van der Waals surface area contributed by atoms with Crippen molar-refractivity contribution in [3.8, 4) is 0 Å². The SMILES string of the molecule is CCNC(=NCC1(c2ccc(Cl)cc2)CC1)NCCCN1CCCC1=O. The number of aliphatic imine (C=N–C) groups is 1. The number of likely N-dealkylation sites (tertiary alicyclic amines) is 1. The van der Waals surface area contributed by atoms with Crippen LogP contribution in [0.4, 0.5) is 0 Å². The topological polar surface area (TPSA) is 56.7 Å². The largest absolute Gasteiger partial charge is 0.357 e. The standard InChI is InChI=1S/C20H29ClN4O/c1-2-22-19(23-12-4-14-25-13-3-5-18(25)26)24-15-20(10-11-20)16-6-8-17(21)9-7-16/h6-9H,2-5,10-15H2,1H3,(H2,22,23,24). The molecule has 2 N–H and O–H groups in total. The van der Waals surface area contributed by atoms with Gasteiger partial charge in [0.15, 0.2) is 5.96 Å². The van der Waals surface area contributed by atoms with Gasteiger partial charge in [0.1, 0.15) is 0 Å². The average molecular weight is 377 g/mol. The van der Waals surface area contributed by atoms with Gasteiger partial charge in [-0.2, -0.15) is 0 Å². The lowest BCUT2D eigenvalue weighted by Gasteiger charge is -2.18. The molecule has 26 heavy (non-hydrogen) atoms. The Balaban J connectivity index is 1.49. The van der Waals surface area contributed by atoms with Crippen LogP contribution < -0.4 is 10.6 Å². The second-order valence-electron chi connectivity index (χ2n) is 7.25. The summed E-state index contributed by atoms with van der Waals surface area (Å²) in [6, 6.07) is 8.17. The average Bonchev–Trinajstić information content (AvgIpc) is 3.32. The minimum absolute atomic E-state index is 0.176. The summed E-state index contributed by atoms with van der Waals surface area (Å²) in [4.78, 5) is 18.4. The molecule has 6 heteroatoms.